The molecule has 3 nitrogen and oxygen atoms in total. The van der Waals surface area contributed by atoms with Gasteiger partial charge in [0, 0.05) is 26.9 Å². The molecule has 0 fully saturated rings. The predicted octanol–water partition coefficient (Wildman–Crippen LogP) is 4.78. The van der Waals surface area contributed by atoms with Crippen LogP contribution in [0.3, 0.4) is 0 Å². The Bertz CT molecular complexity index is 690. The highest BCUT2D eigenvalue weighted by molar-refractivity contribution is 9.10. The van der Waals surface area contributed by atoms with Gasteiger partial charge in [-0.15, -0.1) is 11.8 Å². The molecule has 1 amide bonds. The molecule has 2 aromatic carbocycles. The van der Waals surface area contributed by atoms with Crippen molar-refractivity contribution in [2.24, 2.45) is 0 Å². The van der Waals surface area contributed by atoms with E-state index in [0.717, 1.165) is 28.8 Å². The molecule has 1 aliphatic heterocycles. The Morgan fingerprint density at radius 2 is 2.00 bits per heavy atom. The van der Waals surface area contributed by atoms with Gasteiger partial charge >= 0.3 is 0 Å². The fourth-order valence-electron chi connectivity index (χ4n) is 2.65. The minimum absolute atomic E-state index is 0.0175. The van der Waals surface area contributed by atoms with Crippen LogP contribution in [-0.2, 0) is 4.79 Å². The fraction of sp³-hybridized carbons (Fsp3) is 0.278. The molecule has 0 saturated heterocycles. The van der Waals surface area contributed by atoms with Crippen molar-refractivity contribution < 1.29 is 4.79 Å². The van der Waals surface area contributed by atoms with Crippen molar-refractivity contribution in [2.45, 2.75) is 23.5 Å². The standard InChI is InChI=1S/C18H19BrN2OS/c1-2-15-11-21(16-5-3-4-6-17(16)23-15)12-18(22)20-14-9-7-13(19)8-10-14/h3-10,15H,2,11-12H2,1H3,(H,20,22)/t15-/m0/s1. The summed E-state index contributed by atoms with van der Waals surface area (Å²) in [5, 5.41) is 3.50. The van der Waals surface area contributed by atoms with E-state index in [1.165, 1.54) is 4.90 Å². The van der Waals surface area contributed by atoms with Gasteiger partial charge in [0.05, 0.1) is 12.2 Å². The summed E-state index contributed by atoms with van der Waals surface area (Å²) in [5.41, 5.74) is 1.98. The molecule has 0 radical (unpaired) electrons. The second kappa shape index (κ2) is 7.41. The van der Waals surface area contributed by atoms with Crippen molar-refractivity contribution in [3.63, 3.8) is 0 Å². The molecule has 0 aromatic heterocycles. The van der Waals surface area contributed by atoms with E-state index in [0.29, 0.717) is 11.8 Å². The molecule has 1 N–H and O–H groups in total. The van der Waals surface area contributed by atoms with Crippen molar-refractivity contribution in [3.8, 4) is 0 Å². The van der Waals surface area contributed by atoms with Crippen LogP contribution in [-0.4, -0.2) is 24.2 Å². The number of nitrogens with zero attached hydrogens (tertiary/aromatic N) is 1. The molecule has 1 aliphatic rings. The Kier molecular flexibility index (Phi) is 5.28. The molecular formula is C18H19BrN2OS. The van der Waals surface area contributed by atoms with E-state index in [-0.39, 0.29) is 5.91 Å². The Morgan fingerprint density at radius 3 is 2.74 bits per heavy atom. The van der Waals surface area contributed by atoms with Crippen molar-refractivity contribution in [3.05, 3.63) is 53.0 Å². The molecule has 5 heteroatoms. The number of hydrogen-bond acceptors (Lipinski definition) is 3. The first-order valence-corrected chi connectivity index (χ1v) is 9.39. The number of rotatable bonds is 4. The van der Waals surface area contributed by atoms with Gasteiger partial charge < -0.3 is 10.2 Å². The lowest BCUT2D eigenvalue weighted by atomic mass is 10.2. The third kappa shape index (κ3) is 4.09. The zero-order valence-electron chi connectivity index (χ0n) is 13.0. The van der Waals surface area contributed by atoms with Gasteiger partial charge in [-0.25, -0.2) is 0 Å². The Hall–Kier alpha value is -1.46. The number of carbonyl (C=O) groups is 1. The molecule has 0 unspecified atom stereocenters. The summed E-state index contributed by atoms with van der Waals surface area (Å²) < 4.78 is 1.00. The van der Waals surface area contributed by atoms with E-state index >= 15 is 0 Å². The summed E-state index contributed by atoms with van der Waals surface area (Å²) >= 11 is 5.32. The van der Waals surface area contributed by atoms with E-state index in [4.69, 9.17) is 0 Å². The second-order valence-electron chi connectivity index (χ2n) is 5.55. The molecule has 23 heavy (non-hydrogen) atoms. The largest absolute Gasteiger partial charge is 0.360 e. The number of para-hydroxylation sites is 1. The van der Waals surface area contributed by atoms with E-state index < -0.39 is 0 Å². The third-order valence-corrected chi connectivity index (χ3v) is 5.78. The predicted molar refractivity (Wildman–Crippen MR) is 101 cm³/mol. The molecule has 0 bridgehead atoms. The molecule has 1 heterocycles. The minimum atomic E-state index is 0.0175. The summed E-state index contributed by atoms with van der Waals surface area (Å²) in [6.45, 7) is 3.49. The van der Waals surface area contributed by atoms with E-state index in [9.17, 15) is 4.79 Å². The van der Waals surface area contributed by atoms with Gasteiger partial charge in [-0.2, -0.15) is 0 Å². The van der Waals surface area contributed by atoms with Crippen LogP contribution in [0.25, 0.3) is 0 Å². The number of halogens is 1. The van der Waals surface area contributed by atoms with Crippen LogP contribution < -0.4 is 10.2 Å². The van der Waals surface area contributed by atoms with Crippen LogP contribution in [0.5, 0.6) is 0 Å². The first-order chi connectivity index (χ1) is 11.2. The van der Waals surface area contributed by atoms with Crippen LogP contribution >= 0.6 is 27.7 Å². The van der Waals surface area contributed by atoms with Crippen LogP contribution in [0.2, 0.25) is 0 Å². The van der Waals surface area contributed by atoms with Gasteiger partial charge in [-0.05, 0) is 42.8 Å². The molecule has 1 atom stereocenters. The van der Waals surface area contributed by atoms with Crippen molar-refractivity contribution in [1.29, 1.82) is 0 Å². The highest BCUT2D eigenvalue weighted by Crippen LogP contribution is 2.39. The maximum absolute atomic E-state index is 12.4. The summed E-state index contributed by atoms with van der Waals surface area (Å²) in [6, 6.07) is 16.0. The molecular weight excluding hydrogens is 372 g/mol. The monoisotopic (exact) mass is 390 g/mol. The number of thioether (sulfide) groups is 1. The topological polar surface area (TPSA) is 32.3 Å². The van der Waals surface area contributed by atoms with Gasteiger partial charge in [0.2, 0.25) is 5.91 Å². The van der Waals surface area contributed by atoms with Gasteiger partial charge in [-0.1, -0.05) is 35.0 Å². The van der Waals surface area contributed by atoms with Crippen molar-refractivity contribution in [2.75, 3.05) is 23.3 Å². The zero-order chi connectivity index (χ0) is 16.2. The lowest BCUT2D eigenvalue weighted by Crippen LogP contribution is -2.40. The Balaban J connectivity index is 1.71. The van der Waals surface area contributed by atoms with Crippen LogP contribution in [0, 0.1) is 0 Å². The summed E-state index contributed by atoms with van der Waals surface area (Å²) in [7, 11) is 0. The Morgan fingerprint density at radius 1 is 1.26 bits per heavy atom. The molecule has 0 saturated carbocycles. The maximum Gasteiger partial charge on any atom is 0.243 e. The average Bonchev–Trinajstić information content (AvgIpc) is 2.56. The first-order valence-electron chi connectivity index (χ1n) is 7.71. The highest BCUT2D eigenvalue weighted by atomic mass is 79.9. The molecule has 120 valence electrons. The number of nitrogens with one attached hydrogen (secondary N) is 1. The summed E-state index contributed by atoms with van der Waals surface area (Å²) in [6.07, 6.45) is 1.10. The molecule has 0 aliphatic carbocycles. The first kappa shape index (κ1) is 16.4. The average molecular weight is 391 g/mol. The number of anilines is 2. The van der Waals surface area contributed by atoms with Crippen molar-refractivity contribution >= 4 is 45.0 Å². The van der Waals surface area contributed by atoms with Crippen LogP contribution in [0.1, 0.15) is 13.3 Å². The van der Waals surface area contributed by atoms with E-state index in [2.05, 4.69) is 51.3 Å². The molecule has 0 spiro atoms. The smallest absolute Gasteiger partial charge is 0.243 e. The van der Waals surface area contributed by atoms with Crippen molar-refractivity contribution in [1.82, 2.24) is 0 Å². The van der Waals surface area contributed by atoms with Gasteiger partial charge in [0.15, 0.2) is 0 Å². The SMILES string of the molecule is CC[C@H]1CN(CC(=O)Nc2ccc(Br)cc2)c2ccccc2S1. The lowest BCUT2D eigenvalue weighted by Gasteiger charge is -2.34. The molecule has 3 rings (SSSR count). The third-order valence-electron chi connectivity index (χ3n) is 3.84. The molecule has 2 aromatic rings. The van der Waals surface area contributed by atoms with E-state index in [1.54, 1.807) is 0 Å². The number of benzene rings is 2. The fourth-order valence-corrected chi connectivity index (χ4v) is 4.17. The van der Waals surface area contributed by atoms with Gasteiger partial charge in [-0.3, -0.25) is 4.79 Å². The van der Waals surface area contributed by atoms with Gasteiger partial charge in [0.25, 0.3) is 0 Å². The zero-order valence-corrected chi connectivity index (χ0v) is 15.4. The number of carbonyl (C=O) groups excluding carboxylic acids is 1. The summed E-state index contributed by atoms with van der Waals surface area (Å²) in [5.74, 6) is 0.0175. The van der Waals surface area contributed by atoms with Crippen LogP contribution in [0.15, 0.2) is 57.9 Å². The number of hydrogen-bond donors (Lipinski definition) is 1. The lowest BCUT2D eigenvalue weighted by molar-refractivity contribution is -0.115. The quantitative estimate of drug-likeness (QED) is 0.814. The highest BCUT2D eigenvalue weighted by Gasteiger charge is 2.25. The maximum atomic E-state index is 12.4. The Labute approximate surface area is 149 Å². The van der Waals surface area contributed by atoms with Gasteiger partial charge in [0.1, 0.15) is 0 Å². The van der Waals surface area contributed by atoms with Crippen LogP contribution in [0.4, 0.5) is 11.4 Å². The normalized spacial score (nSPS) is 16.8. The number of fused-ring (bicyclic) bond motifs is 1. The minimum Gasteiger partial charge on any atom is -0.360 e. The number of amides is 1. The second-order valence-corrected chi connectivity index (χ2v) is 7.81. The van der Waals surface area contributed by atoms with E-state index in [1.807, 2.05) is 42.1 Å². The summed E-state index contributed by atoms with van der Waals surface area (Å²) in [4.78, 5) is 15.9.